The Bertz CT molecular complexity index is 1420. The highest BCUT2D eigenvalue weighted by Crippen LogP contribution is 2.33. The first-order valence-electron chi connectivity index (χ1n) is 25.7. The van der Waals surface area contributed by atoms with Crippen molar-refractivity contribution in [2.75, 3.05) is 26.4 Å². The third-order valence-electron chi connectivity index (χ3n) is 12.9. The van der Waals surface area contributed by atoms with E-state index in [1.807, 2.05) is 6.08 Å². The lowest BCUT2D eigenvalue weighted by Gasteiger charge is -2.48. The van der Waals surface area contributed by atoms with Crippen LogP contribution in [0.3, 0.4) is 0 Å². The molecule has 402 valence electrons. The maximum atomic E-state index is 13.2. The third kappa shape index (κ3) is 21.2. The summed E-state index contributed by atoms with van der Waals surface area (Å²) < 4.78 is 34.0. The topological polar surface area (TPSA) is 307 Å². The van der Waals surface area contributed by atoms with Gasteiger partial charge in [0.25, 0.3) is 0 Å². The highest BCUT2D eigenvalue weighted by molar-refractivity contribution is 5.76. The largest absolute Gasteiger partial charge is 0.394 e. The van der Waals surface area contributed by atoms with Crippen molar-refractivity contribution in [1.29, 1.82) is 0 Å². The van der Waals surface area contributed by atoms with Crippen molar-refractivity contribution >= 4 is 5.91 Å². The fourth-order valence-corrected chi connectivity index (χ4v) is 8.58. The molecule has 19 nitrogen and oxygen atoms in total. The monoisotopic (exact) mass is 992 g/mol. The van der Waals surface area contributed by atoms with Crippen LogP contribution >= 0.6 is 0 Å². The lowest BCUT2D eigenvalue weighted by atomic mass is 9.96. The number of aliphatic hydroxyl groups excluding tert-OH is 11. The predicted octanol–water partition coefficient (Wildman–Crippen LogP) is 1.81. The third-order valence-corrected chi connectivity index (χ3v) is 12.9. The molecule has 0 aliphatic carbocycles. The molecular weight excluding hydrogens is 903 g/mol. The minimum atomic E-state index is -1.98. The van der Waals surface area contributed by atoms with Crippen molar-refractivity contribution < 1.29 is 89.4 Å². The summed E-state index contributed by atoms with van der Waals surface area (Å²) in [5.41, 5.74) is 0. The van der Waals surface area contributed by atoms with E-state index in [1.165, 1.54) is 57.8 Å². The summed E-state index contributed by atoms with van der Waals surface area (Å²) >= 11 is 0. The van der Waals surface area contributed by atoms with E-state index >= 15 is 0 Å². The number of nitrogens with one attached hydrogen (secondary N) is 1. The molecule has 19 heteroatoms. The first-order valence-corrected chi connectivity index (χ1v) is 25.7. The molecule has 69 heavy (non-hydrogen) atoms. The quantitative estimate of drug-likeness (QED) is 0.0318. The SMILES string of the molecule is CCC/C=C/CC/C=C/CC/C=C/C(O)C(COC1OC(CO)C(OC2OC(CO)C(OC3OC(CO)C(O)C(O)C3O)C(O)C2O)C(O)C1O)NC(=O)CCCCCCCCCCCCCCC. The number of hydrogen-bond acceptors (Lipinski definition) is 18. The number of aliphatic hydroxyl groups is 11. The van der Waals surface area contributed by atoms with Crippen LogP contribution < -0.4 is 5.32 Å². The molecule has 0 bridgehead atoms. The Morgan fingerprint density at radius 3 is 1.42 bits per heavy atom. The molecule has 0 spiro atoms. The van der Waals surface area contributed by atoms with Gasteiger partial charge in [-0.2, -0.15) is 0 Å². The van der Waals surface area contributed by atoms with Gasteiger partial charge in [-0.1, -0.05) is 134 Å². The lowest BCUT2D eigenvalue weighted by molar-refractivity contribution is -0.379. The molecule has 1 amide bonds. The molecule has 0 saturated carbocycles. The first-order chi connectivity index (χ1) is 33.3. The molecular formula is C50H89NO18. The van der Waals surface area contributed by atoms with Gasteiger partial charge in [0.2, 0.25) is 5.91 Å². The second kappa shape index (κ2) is 35.2. The summed E-state index contributed by atoms with van der Waals surface area (Å²) in [4.78, 5) is 13.2. The van der Waals surface area contributed by atoms with Gasteiger partial charge in [-0.05, 0) is 38.5 Å². The van der Waals surface area contributed by atoms with Crippen molar-refractivity contribution in [2.24, 2.45) is 0 Å². The molecule has 17 atom stereocenters. The van der Waals surface area contributed by atoms with Crippen LogP contribution in [0.1, 0.15) is 142 Å². The molecule has 0 aromatic heterocycles. The van der Waals surface area contributed by atoms with Gasteiger partial charge in [0.1, 0.15) is 73.2 Å². The molecule has 0 aromatic carbocycles. The average molecular weight is 992 g/mol. The van der Waals surface area contributed by atoms with Gasteiger partial charge < -0.3 is 89.9 Å². The molecule has 3 heterocycles. The minimum Gasteiger partial charge on any atom is -0.394 e. The number of amides is 1. The van der Waals surface area contributed by atoms with Crippen molar-refractivity contribution in [3.05, 3.63) is 36.5 Å². The van der Waals surface area contributed by atoms with E-state index in [9.17, 15) is 61.0 Å². The number of ether oxygens (including phenoxy) is 6. The summed E-state index contributed by atoms with van der Waals surface area (Å²) in [6.07, 6.45) is 5.90. The van der Waals surface area contributed by atoms with Crippen LogP contribution in [-0.4, -0.2) is 193 Å². The molecule has 0 radical (unpaired) electrons. The van der Waals surface area contributed by atoms with E-state index in [-0.39, 0.29) is 18.9 Å². The number of rotatable bonds is 35. The number of carbonyl (C=O) groups is 1. The highest BCUT2D eigenvalue weighted by atomic mass is 16.8. The molecule has 12 N–H and O–H groups in total. The second-order valence-corrected chi connectivity index (χ2v) is 18.6. The van der Waals surface area contributed by atoms with Crippen LogP contribution in [0.5, 0.6) is 0 Å². The van der Waals surface area contributed by atoms with Gasteiger partial charge in [-0.15, -0.1) is 0 Å². The van der Waals surface area contributed by atoms with Gasteiger partial charge in [-0.25, -0.2) is 0 Å². The van der Waals surface area contributed by atoms with Crippen LogP contribution in [0.25, 0.3) is 0 Å². The Labute approximate surface area is 409 Å². The highest BCUT2D eigenvalue weighted by Gasteiger charge is 2.53. The first kappa shape index (κ1) is 61.3. The number of allylic oxidation sites excluding steroid dienone is 5. The Kier molecular flexibility index (Phi) is 31.3. The molecule has 3 aliphatic heterocycles. The van der Waals surface area contributed by atoms with E-state index in [2.05, 4.69) is 43.5 Å². The van der Waals surface area contributed by atoms with Crippen molar-refractivity contribution in [2.45, 2.75) is 247 Å². The molecule has 3 saturated heterocycles. The summed E-state index contributed by atoms with van der Waals surface area (Å²) in [5.74, 6) is -0.294. The zero-order chi connectivity index (χ0) is 50.6. The number of hydrogen-bond donors (Lipinski definition) is 12. The van der Waals surface area contributed by atoms with Crippen LogP contribution in [0.2, 0.25) is 0 Å². The summed E-state index contributed by atoms with van der Waals surface area (Å²) in [7, 11) is 0. The van der Waals surface area contributed by atoms with E-state index in [0.717, 1.165) is 51.4 Å². The Morgan fingerprint density at radius 2 is 0.928 bits per heavy atom. The molecule has 3 fully saturated rings. The van der Waals surface area contributed by atoms with Crippen molar-refractivity contribution in [1.82, 2.24) is 5.32 Å². The van der Waals surface area contributed by atoms with Gasteiger partial charge in [0.05, 0.1) is 38.6 Å². The number of unbranched alkanes of at least 4 members (excludes halogenated alkanes) is 15. The number of carbonyl (C=O) groups excluding carboxylic acids is 1. The minimum absolute atomic E-state index is 0.234. The summed E-state index contributed by atoms with van der Waals surface area (Å²) in [6.45, 7) is 1.57. The van der Waals surface area contributed by atoms with Crippen molar-refractivity contribution in [3.8, 4) is 0 Å². The van der Waals surface area contributed by atoms with E-state index in [1.54, 1.807) is 6.08 Å². The van der Waals surface area contributed by atoms with E-state index < -0.39 is 124 Å². The zero-order valence-electron chi connectivity index (χ0n) is 41.0. The Balaban J connectivity index is 1.58. The fourth-order valence-electron chi connectivity index (χ4n) is 8.58. The molecule has 17 unspecified atom stereocenters. The fraction of sp³-hybridized carbons (Fsp3) is 0.860. The smallest absolute Gasteiger partial charge is 0.220 e. The standard InChI is InChI=1S/C50H89NO18/c1-3-5-7-9-11-13-15-16-18-20-22-24-26-28-38(56)51-33(34(55)27-25-23-21-19-17-14-12-10-8-6-4-2)32-64-48-44(62)41(59)46(36(30-53)66-48)69-50-45(63)42(60)47(37(31-54)67-50)68-49-43(61)40(58)39(57)35(29-52)65-49/h8,10,17,19,25,27,33-37,39-50,52-55,57-63H,3-7,9,11-16,18,20-24,26,28-32H2,1-2H3,(H,51,56)/b10-8+,19-17+,27-25+. The van der Waals surface area contributed by atoms with Crippen LogP contribution in [-0.2, 0) is 33.2 Å². The maximum absolute atomic E-state index is 13.2. The average Bonchev–Trinajstić information content (AvgIpc) is 3.34. The summed E-state index contributed by atoms with van der Waals surface area (Å²) in [5, 5.41) is 119. The second-order valence-electron chi connectivity index (χ2n) is 18.6. The van der Waals surface area contributed by atoms with Crippen molar-refractivity contribution in [3.63, 3.8) is 0 Å². The Morgan fingerprint density at radius 1 is 0.507 bits per heavy atom. The maximum Gasteiger partial charge on any atom is 0.220 e. The normalized spacial score (nSPS) is 33.1. The predicted molar refractivity (Wildman–Crippen MR) is 254 cm³/mol. The molecule has 3 rings (SSSR count). The van der Waals surface area contributed by atoms with Crippen LogP contribution in [0.4, 0.5) is 0 Å². The van der Waals surface area contributed by atoms with Crippen LogP contribution in [0, 0.1) is 0 Å². The van der Waals surface area contributed by atoms with Gasteiger partial charge in [0.15, 0.2) is 18.9 Å². The zero-order valence-corrected chi connectivity index (χ0v) is 41.0. The Hall–Kier alpha value is -1.99. The van der Waals surface area contributed by atoms with Gasteiger partial charge in [0, 0.05) is 6.42 Å². The van der Waals surface area contributed by atoms with Gasteiger partial charge >= 0.3 is 0 Å². The van der Waals surface area contributed by atoms with Crippen LogP contribution in [0.15, 0.2) is 36.5 Å². The van der Waals surface area contributed by atoms with E-state index in [0.29, 0.717) is 12.8 Å². The molecule has 0 aromatic rings. The van der Waals surface area contributed by atoms with Gasteiger partial charge in [-0.3, -0.25) is 4.79 Å². The lowest BCUT2D eigenvalue weighted by Crippen LogP contribution is -2.66. The molecule has 3 aliphatic rings. The van der Waals surface area contributed by atoms with E-state index in [4.69, 9.17) is 28.4 Å². The summed E-state index contributed by atoms with van der Waals surface area (Å²) in [6, 6.07) is -0.989.